The molecule has 1 aromatic carbocycles. The van der Waals surface area contributed by atoms with Gasteiger partial charge in [-0.05, 0) is 35.6 Å². The molecule has 1 saturated heterocycles. The number of aromatic nitrogens is 1. The van der Waals surface area contributed by atoms with Crippen molar-refractivity contribution in [2.45, 2.75) is 6.42 Å². The number of rotatable bonds is 4. The highest BCUT2D eigenvalue weighted by Crippen LogP contribution is 2.19. The summed E-state index contributed by atoms with van der Waals surface area (Å²) in [5, 5.41) is 11.8. The average molecular weight is 306 g/mol. The number of carbonyl (C=O) groups excluding carboxylic acids is 1. The lowest BCUT2D eigenvalue weighted by molar-refractivity contribution is 0.0943. The van der Waals surface area contributed by atoms with E-state index in [1.165, 1.54) is 0 Å². The van der Waals surface area contributed by atoms with Gasteiger partial charge in [0, 0.05) is 25.8 Å². The van der Waals surface area contributed by atoms with Crippen LogP contribution in [0.5, 0.6) is 0 Å². The van der Waals surface area contributed by atoms with Crippen molar-refractivity contribution in [2.75, 3.05) is 19.6 Å². The van der Waals surface area contributed by atoms with Crippen molar-refractivity contribution < 1.29 is 4.79 Å². The van der Waals surface area contributed by atoms with Gasteiger partial charge in [-0.15, -0.1) is 0 Å². The molecule has 1 aromatic heterocycles. The van der Waals surface area contributed by atoms with Crippen LogP contribution in [0.15, 0.2) is 48.7 Å². The largest absolute Gasteiger partial charge is 0.350 e. The van der Waals surface area contributed by atoms with E-state index in [0.29, 0.717) is 24.7 Å². The molecule has 1 fully saturated rings. The van der Waals surface area contributed by atoms with Crippen molar-refractivity contribution in [1.29, 1.82) is 5.26 Å². The highest BCUT2D eigenvalue weighted by atomic mass is 16.1. The Labute approximate surface area is 135 Å². The van der Waals surface area contributed by atoms with Crippen LogP contribution in [-0.4, -0.2) is 35.4 Å². The zero-order chi connectivity index (χ0) is 16.1. The summed E-state index contributed by atoms with van der Waals surface area (Å²) in [6, 6.07) is 13.6. The molecule has 1 unspecified atom stereocenters. The second-order valence-corrected chi connectivity index (χ2v) is 5.71. The summed E-state index contributed by atoms with van der Waals surface area (Å²) in [6.45, 7) is 2.07. The molecule has 1 amide bonds. The molecule has 1 aliphatic rings. The van der Waals surface area contributed by atoms with Gasteiger partial charge in [0.15, 0.2) is 6.19 Å². The molecular formula is C18H18N4O. The topological polar surface area (TPSA) is 69.0 Å². The first-order valence-corrected chi connectivity index (χ1v) is 7.70. The molecule has 1 N–H and O–H groups in total. The van der Waals surface area contributed by atoms with Crippen LogP contribution >= 0.6 is 0 Å². The molecule has 3 rings (SSSR count). The average Bonchev–Trinajstić information content (AvgIpc) is 3.09. The fraction of sp³-hybridized carbons (Fsp3) is 0.278. The summed E-state index contributed by atoms with van der Waals surface area (Å²) in [7, 11) is 0. The maximum absolute atomic E-state index is 12.3. The Morgan fingerprint density at radius 3 is 2.87 bits per heavy atom. The third-order valence-corrected chi connectivity index (χ3v) is 4.08. The molecule has 116 valence electrons. The van der Waals surface area contributed by atoms with Gasteiger partial charge >= 0.3 is 0 Å². The highest BCUT2D eigenvalue weighted by molar-refractivity contribution is 5.93. The van der Waals surface area contributed by atoms with Crippen LogP contribution in [0.1, 0.15) is 16.9 Å². The second-order valence-electron chi connectivity index (χ2n) is 5.71. The Kier molecular flexibility index (Phi) is 4.53. The molecule has 23 heavy (non-hydrogen) atoms. The lowest BCUT2D eigenvalue weighted by atomic mass is 10.1. The zero-order valence-corrected chi connectivity index (χ0v) is 12.8. The van der Waals surface area contributed by atoms with Crippen LogP contribution in [0.3, 0.4) is 0 Å². The number of nitriles is 1. The van der Waals surface area contributed by atoms with Gasteiger partial charge in [-0.1, -0.05) is 30.3 Å². The third-order valence-electron chi connectivity index (χ3n) is 4.08. The summed E-state index contributed by atoms with van der Waals surface area (Å²) in [5.74, 6) is 0.161. The third kappa shape index (κ3) is 3.67. The van der Waals surface area contributed by atoms with Crippen LogP contribution in [0.2, 0.25) is 0 Å². The van der Waals surface area contributed by atoms with E-state index in [2.05, 4.69) is 16.5 Å². The van der Waals surface area contributed by atoms with E-state index in [-0.39, 0.29) is 5.91 Å². The molecular weight excluding hydrogens is 288 g/mol. The van der Waals surface area contributed by atoms with E-state index in [9.17, 15) is 4.79 Å². The number of pyridine rings is 1. The molecule has 2 aromatic rings. The molecule has 1 aliphatic heterocycles. The SMILES string of the molecule is N#CN1CCC(CNC(=O)c2cc(-c3ccccc3)ccn2)C1. The standard InChI is InChI=1S/C18H18N4O/c19-13-22-9-7-14(12-22)11-21-18(23)17-10-16(6-8-20-17)15-4-2-1-3-5-15/h1-6,8,10,14H,7,9,11-12H2,(H,21,23). The van der Waals surface area contributed by atoms with Gasteiger partial charge in [-0.3, -0.25) is 9.78 Å². The molecule has 1 atom stereocenters. The van der Waals surface area contributed by atoms with Crippen LogP contribution in [0.25, 0.3) is 11.1 Å². The van der Waals surface area contributed by atoms with Crippen molar-refractivity contribution in [3.63, 3.8) is 0 Å². The van der Waals surface area contributed by atoms with E-state index >= 15 is 0 Å². The van der Waals surface area contributed by atoms with Crippen molar-refractivity contribution >= 4 is 5.91 Å². The van der Waals surface area contributed by atoms with Crippen LogP contribution in [0.4, 0.5) is 0 Å². The van der Waals surface area contributed by atoms with Gasteiger partial charge in [-0.2, -0.15) is 5.26 Å². The molecule has 0 aliphatic carbocycles. The molecule has 0 radical (unpaired) electrons. The minimum absolute atomic E-state index is 0.168. The number of nitrogens with one attached hydrogen (secondary N) is 1. The van der Waals surface area contributed by atoms with Gasteiger partial charge in [-0.25, -0.2) is 0 Å². The predicted molar refractivity (Wildman–Crippen MR) is 87.3 cm³/mol. The maximum Gasteiger partial charge on any atom is 0.269 e. The number of carbonyl (C=O) groups is 1. The minimum Gasteiger partial charge on any atom is -0.350 e. The number of benzene rings is 1. The second kappa shape index (κ2) is 6.93. The fourth-order valence-electron chi connectivity index (χ4n) is 2.78. The van der Waals surface area contributed by atoms with Gasteiger partial charge < -0.3 is 10.2 Å². The maximum atomic E-state index is 12.3. The number of hydrogen-bond acceptors (Lipinski definition) is 4. The summed E-state index contributed by atoms with van der Waals surface area (Å²) >= 11 is 0. The first-order valence-electron chi connectivity index (χ1n) is 7.70. The molecule has 5 heteroatoms. The van der Waals surface area contributed by atoms with Crippen molar-refractivity contribution in [3.8, 4) is 17.3 Å². The van der Waals surface area contributed by atoms with Gasteiger partial charge in [0.2, 0.25) is 0 Å². The first kappa shape index (κ1) is 15.0. The number of amides is 1. The van der Waals surface area contributed by atoms with E-state index in [4.69, 9.17) is 5.26 Å². The summed E-state index contributed by atoms with van der Waals surface area (Å²) in [5.41, 5.74) is 2.45. The Bertz CT molecular complexity index is 723. The van der Waals surface area contributed by atoms with Crippen molar-refractivity contribution in [1.82, 2.24) is 15.2 Å². The Balaban J connectivity index is 1.63. The van der Waals surface area contributed by atoms with Crippen molar-refractivity contribution in [3.05, 3.63) is 54.4 Å². The molecule has 2 heterocycles. The summed E-state index contributed by atoms with van der Waals surface area (Å²) in [4.78, 5) is 18.2. The van der Waals surface area contributed by atoms with Gasteiger partial charge in [0.25, 0.3) is 5.91 Å². The molecule has 0 spiro atoms. The first-order chi connectivity index (χ1) is 11.3. The normalized spacial score (nSPS) is 16.8. The Morgan fingerprint density at radius 1 is 1.30 bits per heavy atom. The zero-order valence-electron chi connectivity index (χ0n) is 12.8. The number of hydrogen-bond donors (Lipinski definition) is 1. The molecule has 0 saturated carbocycles. The molecule has 0 bridgehead atoms. The fourth-order valence-corrected chi connectivity index (χ4v) is 2.78. The van der Waals surface area contributed by atoms with E-state index < -0.39 is 0 Å². The Morgan fingerprint density at radius 2 is 2.13 bits per heavy atom. The van der Waals surface area contributed by atoms with E-state index in [1.54, 1.807) is 17.2 Å². The Hall–Kier alpha value is -2.87. The smallest absolute Gasteiger partial charge is 0.269 e. The van der Waals surface area contributed by atoms with Gasteiger partial charge in [0.05, 0.1) is 0 Å². The van der Waals surface area contributed by atoms with Gasteiger partial charge in [0.1, 0.15) is 5.69 Å². The highest BCUT2D eigenvalue weighted by Gasteiger charge is 2.22. The van der Waals surface area contributed by atoms with E-state index in [0.717, 1.165) is 24.1 Å². The molecule has 5 nitrogen and oxygen atoms in total. The van der Waals surface area contributed by atoms with Crippen molar-refractivity contribution in [2.24, 2.45) is 5.92 Å². The lowest BCUT2D eigenvalue weighted by Crippen LogP contribution is -2.30. The number of nitrogens with zero attached hydrogens (tertiary/aromatic N) is 3. The summed E-state index contributed by atoms with van der Waals surface area (Å²) in [6.07, 6.45) is 4.74. The monoisotopic (exact) mass is 306 g/mol. The van der Waals surface area contributed by atoms with Crippen LogP contribution in [0, 0.1) is 17.4 Å². The summed E-state index contributed by atoms with van der Waals surface area (Å²) < 4.78 is 0. The van der Waals surface area contributed by atoms with Crippen LogP contribution < -0.4 is 5.32 Å². The quantitative estimate of drug-likeness (QED) is 0.880. The predicted octanol–water partition coefficient (Wildman–Crippen LogP) is 2.28. The minimum atomic E-state index is -0.168. The lowest BCUT2D eigenvalue weighted by Gasteiger charge is -2.11. The number of likely N-dealkylation sites (tertiary alicyclic amines) is 1. The van der Waals surface area contributed by atoms with E-state index in [1.807, 2.05) is 36.4 Å². The van der Waals surface area contributed by atoms with Crippen LogP contribution in [-0.2, 0) is 0 Å².